The molecule has 0 bridgehead atoms. The first-order valence-corrected chi connectivity index (χ1v) is 9.78. The number of unbranched alkanes of at least 4 members (excludes halogenated alkanes) is 7. The van der Waals surface area contributed by atoms with Crippen LogP contribution in [0.3, 0.4) is 0 Å². The molecular formula is C18H40N4. The number of rotatable bonds is 9. The average Bonchev–Trinajstić information content (AvgIpc) is 2.52. The number of hydrogen-bond acceptors (Lipinski definition) is 4. The lowest BCUT2D eigenvalue weighted by Crippen LogP contribution is -2.42. The predicted octanol–water partition coefficient (Wildman–Crippen LogP) is 2.21. The molecule has 0 unspecified atom stereocenters. The van der Waals surface area contributed by atoms with Gasteiger partial charge in [0, 0.05) is 52.4 Å². The normalized spacial score (nSPS) is 19.5. The molecule has 0 aromatic carbocycles. The smallest absolute Gasteiger partial charge is 0.0107 e. The minimum atomic E-state index is 1.08. The quantitative estimate of drug-likeness (QED) is 0.571. The fourth-order valence-electron chi connectivity index (χ4n) is 3.01. The van der Waals surface area contributed by atoms with E-state index in [0.29, 0.717) is 0 Å². The van der Waals surface area contributed by atoms with Crippen LogP contribution in [0.25, 0.3) is 0 Å². The van der Waals surface area contributed by atoms with Crippen molar-refractivity contribution in [1.82, 2.24) is 20.9 Å². The van der Waals surface area contributed by atoms with E-state index in [0.717, 1.165) is 39.3 Å². The molecule has 132 valence electrons. The predicted molar refractivity (Wildman–Crippen MR) is 97.7 cm³/mol. The van der Waals surface area contributed by atoms with Crippen molar-refractivity contribution in [3.05, 3.63) is 0 Å². The van der Waals surface area contributed by atoms with Gasteiger partial charge in [0.2, 0.25) is 0 Å². The van der Waals surface area contributed by atoms with E-state index in [4.69, 9.17) is 0 Å². The highest BCUT2D eigenvalue weighted by Crippen LogP contribution is 2.08. The molecule has 22 heavy (non-hydrogen) atoms. The zero-order chi connectivity index (χ0) is 15.7. The van der Waals surface area contributed by atoms with Crippen molar-refractivity contribution in [3.63, 3.8) is 0 Å². The van der Waals surface area contributed by atoms with Gasteiger partial charge in [-0.25, -0.2) is 0 Å². The fourth-order valence-corrected chi connectivity index (χ4v) is 3.01. The maximum Gasteiger partial charge on any atom is 0.0107 e. The van der Waals surface area contributed by atoms with Crippen LogP contribution in [0.1, 0.15) is 58.3 Å². The summed E-state index contributed by atoms with van der Waals surface area (Å²) in [5.74, 6) is 0. The highest BCUT2D eigenvalue weighted by molar-refractivity contribution is 4.65. The van der Waals surface area contributed by atoms with Crippen LogP contribution in [0, 0.1) is 0 Å². The Morgan fingerprint density at radius 3 is 1.59 bits per heavy atom. The second-order valence-corrected chi connectivity index (χ2v) is 6.57. The molecule has 1 rings (SSSR count). The molecule has 0 spiro atoms. The highest BCUT2D eigenvalue weighted by Gasteiger charge is 2.05. The summed E-state index contributed by atoms with van der Waals surface area (Å²) in [6, 6.07) is 0. The zero-order valence-electron chi connectivity index (χ0n) is 15.0. The first kappa shape index (κ1) is 19.9. The summed E-state index contributed by atoms with van der Waals surface area (Å²) in [6.07, 6.45) is 11.3. The monoisotopic (exact) mass is 312 g/mol. The second-order valence-electron chi connectivity index (χ2n) is 6.57. The molecule has 0 aromatic rings. The Hall–Kier alpha value is -0.160. The average molecular weight is 313 g/mol. The van der Waals surface area contributed by atoms with Crippen LogP contribution in [-0.2, 0) is 0 Å². The number of nitrogens with one attached hydrogen (secondary N) is 3. The van der Waals surface area contributed by atoms with Crippen molar-refractivity contribution < 1.29 is 0 Å². The highest BCUT2D eigenvalue weighted by atomic mass is 15.2. The van der Waals surface area contributed by atoms with E-state index in [1.165, 1.54) is 71.0 Å². The molecule has 0 atom stereocenters. The SMILES string of the molecule is CCCCCCCCCCN1CCNCCNCCNCC1. The van der Waals surface area contributed by atoms with Gasteiger partial charge in [0.15, 0.2) is 0 Å². The third kappa shape index (κ3) is 12.4. The molecule has 1 aliphatic rings. The van der Waals surface area contributed by atoms with Crippen molar-refractivity contribution >= 4 is 0 Å². The molecule has 4 heteroatoms. The van der Waals surface area contributed by atoms with Gasteiger partial charge in [0.05, 0.1) is 0 Å². The molecule has 0 aromatic heterocycles. The minimum absolute atomic E-state index is 1.08. The van der Waals surface area contributed by atoms with Gasteiger partial charge in [0.1, 0.15) is 0 Å². The Kier molecular flexibility index (Phi) is 14.2. The van der Waals surface area contributed by atoms with Gasteiger partial charge in [-0.15, -0.1) is 0 Å². The Bertz CT molecular complexity index is 211. The summed E-state index contributed by atoms with van der Waals surface area (Å²) in [5.41, 5.74) is 0. The molecule has 0 aliphatic carbocycles. The van der Waals surface area contributed by atoms with Crippen LogP contribution in [0.2, 0.25) is 0 Å². The lowest BCUT2D eigenvalue weighted by Gasteiger charge is -2.23. The number of hydrogen-bond donors (Lipinski definition) is 3. The van der Waals surface area contributed by atoms with Gasteiger partial charge in [-0.1, -0.05) is 51.9 Å². The molecular weight excluding hydrogens is 272 g/mol. The lowest BCUT2D eigenvalue weighted by molar-refractivity contribution is 0.264. The van der Waals surface area contributed by atoms with Crippen LogP contribution in [0.5, 0.6) is 0 Å². The zero-order valence-corrected chi connectivity index (χ0v) is 15.0. The van der Waals surface area contributed by atoms with E-state index < -0.39 is 0 Å². The van der Waals surface area contributed by atoms with Gasteiger partial charge >= 0.3 is 0 Å². The van der Waals surface area contributed by atoms with Gasteiger partial charge in [-0.05, 0) is 13.0 Å². The van der Waals surface area contributed by atoms with Gasteiger partial charge in [0.25, 0.3) is 0 Å². The van der Waals surface area contributed by atoms with E-state index in [9.17, 15) is 0 Å². The Morgan fingerprint density at radius 1 is 0.591 bits per heavy atom. The van der Waals surface area contributed by atoms with E-state index in [1.54, 1.807) is 0 Å². The topological polar surface area (TPSA) is 39.3 Å². The summed E-state index contributed by atoms with van der Waals surface area (Å²) in [7, 11) is 0. The number of nitrogens with zero attached hydrogens (tertiary/aromatic N) is 1. The molecule has 4 nitrogen and oxygen atoms in total. The third-order valence-corrected chi connectivity index (χ3v) is 4.49. The summed E-state index contributed by atoms with van der Waals surface area (Å²) >= 11 is 0. The molecule has 0 radical (unpaired) electrons. The second kappa shape index (κ2) is 15.7. The van der Waals surface area contributed by atoms with Crippen LogP contribution >= 0.6 is 0 Å². The Morgan fingerprint density at radius 2 is 1.05 bits per heavy atom. The van der Waals surface area contributed by atoms with Gasteiger partial charge in [-0.2, -0.15) is 0 Å². The molecule has 1 heterocycles. The minimum Gasteiger partial charge on any atom is -0.314 e. The molecule has 1 aliphatic heterocycles. The largest absolute Gasteiger partial charge is 0.314 e. The van der Waals surface area contributed by atoms with Crippen molar-refractivity contribution in [3.8, 4) is 0 Å². The van der Waals surface area contributed by atoms with Crippen molar-refractivity contribution in [1.29, 1.82) is 0 Å². The van der Waals surface area contributed by atoms with Gasteiger partial charge in [-0.3, -0.25) is 0 Å². The van der Waals surface area contributed by atoms with Crippen molar-refractivity contribution in [2.45, 2.75) is 58.3 Å². The van der Waals surface area contributed by atoms with E-state index in [2.05, 4.69) is 27.8 Å². The lowest BCUT2D eigenvalue weighted by atomic mass is 10.1. The maximum atomic E-state index is 3.54. The van der Waals surface area contributed by atoms with Crippen molar-refractivity contribution in [2.24, 2.45) is 0 Å². The van der Waals surface area contributed by atoms with Crippen molar-refractivity contribution in [2.75, 3.05) is 58.9 Å². The maximum absolute atomic E-state index is 3.54. The fraction of sp³-hybridized carbons (Fsp3) is 1.00. The van der Waals surface area contributed by atoms with Gasteiger partial charge < -0.3 is 20.9 Å². The first-order valence-electron chi connectivity index (χ1n) is 9.78. The summed E-state index contributed by atoms with van der Waals surface area (Å²) in [5, 5.41) is 10.5. The first-order chi connectivity index (χ1) is 10.9. The molecule has 0 saturated carbocycles. The van der Waals surface area contributed by atoms with Crippen LogP contribution in [0.15, 0.2) is 0 Å². The summed E-state index contributed by atoms with van der Waals surface area (Å²) in [4.78, 5) is 2.63. The summed E-state index contributed by atoms with van der Waals surface area (Å²) in [6.45, 7) is 12.5. The van der Waals surface area contributed by atoms with Crippen LogP contribution in [0.4, 0.5) is 0 Å². The molecule has 3 N–H and O–H groups in total. The molecule has 1 fully saturated rings. The Balaban J connectivity index is 2.02. The van der Waals surface area contributed by atoms with E-state index in [1.807, 2.05) is 0 Å². The van der Waals surface area contributed by atoms with Crippen LogP contribution in [-0.4, -0.2) is 63.8 Å². The molecule has 1 saturated heterocycles. The Labute approximate surface area is 138 Å². The summed E-state index contributed by atoms with van der Waals surface area (Å²) < 4.78 is 0. The van der Waals surface area contributed by atoms with E-state index >= 15 is 0 Å². The standard InChI is InChI=1S/C18H40N4/c1-2-3-4-5-6-7-8-9-16-22-17-14-20-12-10-19-11-13-21-15-18-22/h19-21H,2-18H2,1H3. The molecule has 0 amide bonds. The van der Waals surface area contributed by atoms with Crippen LogP contribution < -0.4 is 16.0 Å². The third-order valence-electron chi connectivity index (χ3n) is 4.49. The van der Waals surface area contributed by atoms with E-state index in [-0.39, 0.29) is 0 Å².